The maximum absolute atomic E-state index is 14.2. The van der Waals surface area contributed by atoms with Gasteiger partial charge in [-0.05, 0) is 32.8 Å². The van der Waals surface area contributed by atoms with Gasteiger partial charge in [0.2, 0.25) is 17.1 Å². The average Bonchev–Trinajstić information content (AvgIpc) is 3.32. The van der Waals surface area contributed by atoms with Gasteiger partial charge < -0.3 is 33.8 Å². The second-order valence-corrected chi connectivity index (χ2v) is 10.0. The molecule has 218 valence electrons. The summed E-state index contributed by atoms with van der Waals surface area (Å²) in [6.07, 6.45) is 1.23. The third-order valence-corrected chi connectivity index (χ3v) is 7.65. The number of amides is 2. The van der Waals surface area contributed by atoms with E-state index in [9.17, 15) is 28.0 Å². The van der Waals surface area contributed by atoms with Crippen molar-refractivity contribution in [3.8, 4) is 5.75 Å². The van der Waals surface area contributed by atoms with Gasteiger partial charge in [-0.25, -0.2) is 13.6 Å². The van der Waals surface area contributed by atoms with E-state index in [0.29, 0.717) is 24.8 Å². The molecule has 41 heavy (non-hydrogen) atoms. The van der Waals surface area contributed by atoms with Crippen LogP contribution in [0.25, 0.3) is 0 Å². The molecule has 1 fully saturated rings. The quantitative estimate of drug-likeness (QED) is 0.539. The van der Waals surface area contributed by atoms with E-state index in [4.69, 9.17) is 19.0 Å². The van der Waals surface area contributed by atoms with Crippen LogP contribution in [0.4, 0.5) is 13.6 Å². The van der Waals surface area contributed by atoms with E-state index in [-0.39, 0.29) is 43.4 Å². The van der Waals surface area contributed by atoms with Crippen molar-refractivity contribution >= 4 is 23.9 Å². The second-order valence-electron chi connectivity index (χ2n) is 10.0. The Morgan fingerprint density at radius 1 is 1.27 bits per heavy atom. The molecule has 5 rings (SSSR count). The predicted octanol–water partition coefficient (Wildman–Crippen LogP) is 2.89. The van der Waals surface area contributed by atoms with E-state index in [2.05, 4.69) is 10.5 Å². The summed E-state index contributed by atoms with van der Waals surface area (Å²) < 4.78 is 44.3. The van der Waals surface area contributed by atoms with Crippen LogP contribution in [-0.4, -0.2) is 65.2 Å². The van der Waals surface area contributed by atoms with Crippen LogP contribution in [0.1, 0.15) is 65.6 Å². The molecule has 4 heterocycles. The first-order valence-corrected chi connectivity index (χ1v) is 13.0. The molecular weight excluding hydrogens is 546 g/mol. The molecule has 0 radical (unpaired) electrons. The first kappa shape index (κ1) is 28.1. The van der Waals surface area contributed by atoms with Gasteiger partial charge in [0.1, 0.15) is 17.2 Å². The number of ether oxygens (including phenoxy) is 3. The molecule has 1 spiro atoms. The lowest BCUT2D eigenvalue weighted by atomic mass is 9.85. The summed E-state index contributed by atoms with van der Waals surface area (Å²) in [4.78, 5) is 60.5. The number of rotatable bonds is 5. The molecule has 14 heteroatoms. The zero-order valence-corrected chi connectivity index (χ0v) is 22.6. The topological polar surface area (TPSA) is 138 Å². The smallest absolute Gasteiger partial charge is 0.482 e. The number of methoxy groups -OCH3 is 1. The highest BCUT2D eigenvalue weighted by Crippen LogP contribution is 2.46. The summed E-state index contributed by atoms with van der Waals surface area (Å²) in [6.45, 7) is 3.11. The normalized spacial score (nSPS) is 22.8. The number of benzene rings is 1. The van der Waals surface area contributed by atoms with Crippen LogP contribution < -0.4 is 15.5 Å². The molecule has 1 saturated heterocycles. The Labute approximate surface area is 232 Å². The van der Waals surface area contributed by atoms with Gasteiger partial charge in [0, 0.05) is 37.0 Å². The van der Waals surface area contributed by atoms with Gasteiger partial charge in [-0.3, -0.25) is 14.4 Å². The van der Waals surface area contributed by atoms with Crippen molar-refractivity contribution in [3.63, 3.8) is 0 Å². The standard InChI is InChI=1S/C27H28F2N4O8/c1-4-39-26(37)40-23-21-25(36)32-13-19(27(8-7-14(32)2)10-20(38-3)31-41-27)33(21)12-17(22(23)34)24(35)30-11-15-5-6-16(28)9-18(15)29/h5-6,9,12,14,19H,4,7-8,10-11,13H2,1-3H3,(H,30,35)/t14-,19+,27-/m0/s1. The predicted molar refractivity (Wildman–Crippen MR) is 138 cm³/mol. The first-order valence-electron chi connectivity index (χ1n) is 13.0. The Hall–Kier alpha value is -4.49. The Kier molecular flexibility index (Phi) is 7.41. The first-order chi connectivity index (χ1) is 19.6. The molecule has 0 saturated carbocycles. The summed E-state index contributed by atoms with van der Waals surface area (Å²) >= 11 is 0. The largest absolute Gasteiger partial charge is 0.514 e. The minimum absolute atomic E-state index is 0.0214. The van der Waals surface area contributed by atoms with Gasteiger partial charge in [0.25, 0.3) is 11.8 Å². The van der Waals surface area contributed by atoms with Crippen molar-refractivity contribution in [1.82, 2.24) is 14.8 Å². The van der Waals surface area contributed by atoms with Gasteiger partial charge in [-0.1, -0.05) is 11.2 Å². The highest BCUT2D eigenvalue weighted by atomic mass is 19.1. The second kappa shape index (κ2) is 10.8. The molecule has 2 aromatic rings. The minimum Gasteiger partial charge on any atom is -0.482 e. The molecule has 1 N–H and O–H groups in total. The van der Waals surface area contributed by atoms with Crippen molar-refractivity contribution in [2.75, 3.05) is 20.3 Å². The molecule has 1 aromatic heterocycles. The highest BCUT2D eigenvalue weighted by Gasteiger charge is 2.55. The molecule has 3 aliphatic heterocycles. The minimum atomic E-state index is -1.24. The summed E-state index contributed by atoms with van der Waals surface area (Å²) in [5.41, 5.74) is -2.78. The lowest BCUT2D eigenvalue weighted by Gasteiger charge is -2.41. The SMILES string of the molecule is CCOC(=O)Oc1c2n(cc(C(=O)NCc3ccc(F)cc3F)c1=O)[C@@H]1CN(C2=O)[C@@H](C)CC[C@]12CC(OC)=NO2. The van der Waals surface area contributed by atoms with Crippen LogP contribution in [0, 0.1) is 11.6 Å². The Morgan fingerprint density at radius 2 is 2.05 bits per heavy atom. The number of fused-ring (bicyclic) bond motifs is 5. The van der Waals surface area contributed by atoms with E-state index in [1.54, 1.807) is 4.90 Å². The third kappa shape index (κ3) is 4.98. The van der Waals surface area contributed by atoms with E-state index in [1.807, 2.05) is 6.92 Å². The van der Waals surface area contributed by atoms with E-state index in [0.717, 1.165) is 12.1 Å². The number of nitrogens with one attached hydrogen (secondary N) is 1. The van der Waals surface area contributed by atoms with Crippen molar-refractivity contribution in [1.29, 1.82) is 0 Å². The lowest BCUT2D eigenvalue weighted by Crippen LogP contribution is -2.52. The van der Waals surface area contributed by atoms with Gasteiger partial charge in [0.15, 0.2) is 11.3 Å². The number of halogens is 2. The molecule has 0 aliphatic carbocycles. The molecule has 12 nitrogen and oxygen atoms in total. The van der Waals surface area contributed by atoms with Gasteiger partial charge in [-0.2, -0.15) is 0 Å². The molecule has 2 amide bonds. The fourth-order valence-electron chi connectivity index (χ4n) is 5.44. The number of nitrogens with zero attached hydrogens (tertiary/aromatic N) is 3. The van der Waals surface area contributed by atoms with Crippen molar-refractivity contribution in [2.45, 2.75) is 57.3 Å². The van der Waals surface area contributed by atoms with Gasteiger partial charge in [-0.15, -0.1) is 0 Å². The number of hydrogen-bond donors (Lipinski definition) is 1. The fourth-order valence-corrected chi connectivity index (χ4v) is 5.44. The molecule has 1 aromatic carbocycles. The number of hydrogen-bond acceptors (Lipinski definition) is 9. The highest BCUT2D eigenvalue weighted by molar-refractivity contribution is 6.00. The van der Waals surface area contributed by atoms with Crippen molar-refractivity contribution in [3.05, 3.63) is 63.1 Å². The van der Waals surface area contributed by atoms with Gasteiger partial charge >= 0.3 is 6.16 Å². The van der Waals surface area contributed by atoms with Crippen molar-refractivity contribution in [2.24, 2.45) is 5.16 Å². The number of aromatic nitrogens is 1. The van der Waals surface area contributed by atoms with Crippen LogP contribution in [0.5, 0.6) is 5.75 Å². The van der Waals surface area contributed by atoms with Crippen molar-refractivity contribution < 1.29 is 42.2 Å². The van der Waals surface area contributed by atoms with Gasteiger partial charge in [0.05, 0.1) is 26.2 Å². The molecule has 2 bridgehead atoms. The van der Waals surface area contributed by atoms with E-state index >= 15 is 0 Å². The number of oxime groups is 1. The van der Waals surface area contributed by atoms with E-state index < -0.39 is 58.0 Å². The third-order valence-electron chi connectivity index (χ3n) is 7.65. The molecule has 3 aliphatic rings. The Bertz CT molecular complexity index is 1510. The molecular formula is C27H28F2N4O8. The number of carbonyl (C=O) groups is 3. The fraction of sp³-hybridized carbons (Fsp3) is 0.444. The molecule has 3 atom stereocenters. The summed E-state index contributed by atoms with van der Waals surface area (Å²) in [5, 5.41) is 6.49. The Morgan fingerprint density at radius 3 is 2.73 bits per heavy atom. The van der Waals surface area contributed by atoms with Crippen LogP contribution in [-0.2, 0) is 20.9 Å². The Balaban J connectivity index is 1.62. The van der Waals surface area contributed by atoms with Crippen LogP contribution >= 0.6 is 0 Å². The van der Waals surface area contributed by atoms with Crippen LogP contribution in [0.15, 0.2) is 34.3 Å². The lowest BCUT2D eigenvalue weighted by molar-refractivity contribution is -0.0655. The van der Waals surface area contributed by atoms with E-state index in [1.165, 1.54) is 24.8 Å². The number of pyridine rings is 1. The monoisotopic (exact) mass is 574 g/mol. The summed E-state index contributed by atoms with van der Waals surface area (Å²) in [7, 11) is 1.46. The maximum Gasteiger partial charge on any atom is 0.514 e. The molecule has 0 unspecified atom stereocenters. The van der Waals surface area contributed by atoms with Crippen LogP contribution in [0.3, 0.4) is 0 Å². The zero-order chi connectivity index (χ0) is 29.5. The van der Waals surface area contributed by atoms with Crippen LogP contribution in [0.2, 0.25) is 0 Å². The summed E-state index contributed by atoms with van der Waals surface area (Å²) in [6, 6.07) is 1.94. The zero-order valence-electron chi connectivity index (χ0n) is 22.6. The number of carbonyl (C=O) groups excluding carboxylic acids is 3. The average molecular weight is 575 g/mol. The summed E-state index contributed by atoms with van der Waals surface area (Å²) in [5.74, 6) is -3.52. The maximum atomic E-state index is 14.2.